The highest BCUT2D eigenvalue weighted by Crippen LogP contribution is 2.67. The van der Waals surface area contributed by atoms with Gasteiger partial charge in [0.15, 0.2) is 0 Å². The Morgan fingerprint density at radius 3 is 1.41 bits per heavy atom. The summed E-state index contributed by atoms with van der Waals surface area (Å²) in [6.45, 7) is 17.3. The van der Waals surface area contributed by atoms with Crippen molar-refractivity contribution in [2.24, 2.45) is 52.3 Å². The molecule has 10 atom stereocenters. The summed E-state index contributed by atoms with van der Waals surface area (Å²) in [6, 6.07) is 0.570. The van der Waals surface area contributed by atoms with Crippen molar-refractivity contribution in [3.8, 4) is 0 Å². The summed E-state index contributed by atoms with van der Waals surface area (Å²) in [7, 11) is 0. The number of nitrogens with zero attached hydrogens (tertiary/aromatic N) is 2. The summed E-state index contributed by atoms with van der Waals surface area (Å²) in [6.07, 6.45) is 5.72. The standard InChI is InChI=1S/C18H28BNO4.C16H24BNO4/c1-10-5-14(10)19-20(8-16(21)23-19,9-17(22)24-19)15-7-12-6-13(11(15)2)18(12,3)4;1-5-17-18(8-14(19)21-17,9-15(20)22-17)13-7-11-6-12(10(13)2)16(11,3)4/h10-15H,5-9H2,1-4H3;5,10-13H,1,6-9H2,2-4H3/t10-,11-,12+,13-,14-,15-,19?,20?;10-,11+,12-,13-,17?,18?/m11/s1. The van der Waals surface area contributed by atoms with Crippen molar-refractivity contribution >= 4 is 37.3 Å². The number of carbonyl (C=O) groups excluding carboxylic acids is 4. The highest BCUT2D eigenvalue weighted by atomic mass is 16.7. The summed E-state index contributed by atoms with van der Waals surface area (Å²) >= 11 is 0. The Kier molecular flexibility index (Phi) is 6.20. The van der Waals surface area contributed by atoms with Gasteiger partial charge in [-0.05, 0) is 66.0 Å². The van der Waals surface area contributed by atoms with Crippen molar-refractivity contribution in [3.63, 3.8) is 0 Å². The molecule has 46 heavy (non-hydrogen) atoms. The smallest absolute Gasteiger partial charge is 0.600 e. The van der Waals surface area contributed by atoms with Gasteiger partial charge in [-0.15, -0.1) is 6.58 Å². The molecule has 0 N–H and O–H groups in total. The highest BCUT2D eigenvalue weighted by molar-refractivity contribution is 6.71. The molecular formula is C34H52B2N2O8. The summed E-state index contributed by atoms with van der Waals surface area (Å²) < 4.78 is 23.7. The van der Waals surface area contributed by atoms with Crippen molar-refractivity contribution in [2.45, 2.75) is 98.5 Å². The third kappa shape index (κ3) is 3.58. The van der Waals surface area contributed by atoms with Crippen LogP contribution in [-0.2, 0) is 37.8 Å². The molecule has 0 aromatic heterocycles. The van der Waals surface area contributed by atoms with Crippen molar-refractivity contribution < 1.29 is 46.6 Å². The van der Waals surface area contributed by atoms with E-state index in [-0.39, 0.29) is 48.8 Å². The van der Waals surface area contributed by atoms with Crippen molar-refractivity contribution in [1.82, 2.24) is 0 Å². The Balaban J connectivity index is 0.000000136. The lowest BCUT2D eigenvalue weighted by atomic mass is 9.43. The molecule has 10 nitrogen and oxygen atoms in total. The maximum atomic E-state index is 12.4. The van der Waals surface area contributed by atoms with E-state index in [9.17, 15) is 19.2 Å². The fourth-order valence-corrected chi connectivity index (χ4v) is 13.4. The maximum absolute atomic E-state index is 12.4. The van der Waals surface area contributed by atoms with Gasteiger partial charge in [-0.2, -0.15) is 0 Å². The first-order valence-corrected chi connectivity index (χ1v) is 18.0. The average molecular weight is 638 g/mol. The average Bonchev–Trinajstić information content (AvgIpc) is 3.28. The van der Waals surface area contributed by atoms with Gasteiger partial charge in [-0.3, -0.25) is 19.2 Å². The molecule has 4 heterocycles. The molecule has 4 aliphatic heterocycles. The van der Waals surface area contributed by atoms with E-state index in [1.165, 1.54) is 12.8 Å². The number of hydrogen-bond acceptors (Lipinski definition) is 8. The molecule has 4 bridgehead atoms. The van der Waals surface area contributed by atoms with E-state index in [4.69, 9.17) is 18.6 Å². The fourth-order valence-electron chi connectivity index (χ4n) is 13.4. The molecule has 7 saturated carbocycles. The van der Waals surface area contributed by atoms with Crippen LogP contribution in [0.4, 0.5) is 0 Å². The van der Waals surface area contributed by atoms with Gasteiger partial charge in [-0.1, -0.05) is 66.8 Å². The summed E-state index contributed by atoms with van der Waals surface area (Å²) in [5, 5.41) is 0. The zero-order chi connectivity index (χ0) is 33.0. The van der Waals surface area contributed by atoms with Gasteiger partial charge >= 0.3 is 37.3 Å². The van der Waals surface area contributed by atoms with Gasteiger partial charge in [-0.25, -0.2) is 0 Å². The maximum Gasteiger partial charge on any atom is 0.607 e. The zero-order valence-corrected chi connectivity index (χ0v) is 28.7. The quantitative estimate of drug-likeness (QED) is 0.426. The summed E-state index contributed by atoms with van der Waals surface area (Å²) in [5.41, 5.74) is 0.763. The molecule has 11 fully saturated rings. The molecule has 4 saturated heterocycles. The highest BCUT2D eigenvalue weighted by Gasteiger charge is 2.78. The van der Waals surface area contributed by atoms with Crippen LogP contribution in [0, 0.1) is 52.3 Å². The topological polar surface area (TPSA) is 105 Å². The van der Waals surface area contributed by atoms with Crippen LogP contribution in [-0.4, -0.2) is 84.3 Å². The van der Waals surface area contributed by atoms with Crippen molar-refractivity contribution in [1.29, 1.82) is 0 Å². The predicted molar refractivity (Wildman–Crippen MR) is 169 cm³/mol. The van der Waals surface area contributed by atoms with Crippen LogP contribution in [0.3, 0.4) is 0 Å². The Labute approximate surface area is 273 Å². The number of fused-ring (bicyclic) bond motifs is 8. The van der Waals surface area contributed by atoms with E-state index in [0.29, 0.717) is 80.2 Å². The molecule has 7 aliphatic carbocycles. The largest absolute Gasteiger partial charge is 0.607 e. The van der Waals surface area contributed by atoms with Gasteiger partial charge in [0.2, 0.25) is 0 Å². The lowest BCUT2D eigenvalue weighted by Gasteiger charge is -2.66. The molecule has 0 radical (unpaired) electrons. The Bertz CT molecular complexity index is 1410. The molecule has 0 unspecified atom stereocenters. The SMILES string of the molecule is C=C[B-]12OC(=O)C[N+]1([C@@H]1C[C@@H]3C[C@H]([C@H]1C)C3(C)C)CC(=O)O2.C[C@@H]1[C@H]2C[C@@H](C[C@H]1[N+]13CC(=O)O[B-]1([C@@H]1C[C@H]1C)OC(=O)C3)C2(C)C. The zero-order valence-electron chi connectivity index (χ0n) is 28.7. The van der Waals surface area contributed by atoms with Crippen molar-refractivity contribution in [3.05, 3.63) is 12.6 Å². The minimum absolute atomic E-state index is 0.160. The van der Waals surface area contributed by atoms with Crippen LogP contribution in [0.1, 0.15) is 80.6 Å². The van der Waals surface area contributed by atoms with Crippen molar-refractivity contribution in [2.75, 3.05) is 26.2 Å². The monoisotopic (exact) mass is 638 g/mol. The van der Waals surface area contributed by atoms with E-state index >= 15 is 0 Å². The van der Waals surface area contributed by atoms with E-state index in [0.717, 1.165) is 19.3 Å². The molecular weight excluding hydrogens is 586 g/mol. The number of quaternary nitrogens is 2. The molecule has 252 valence electrons. The molecule has 11 rings (SSSR count). The third-order valence-corrected chi connectivity index (χ3v) is 16.3. The first-order chi connectivity index (χ1) is 21.5. The molecule has 12 heteroatoms. The third-order valence-electron chi connectivity index (χ3n) is 16.3. The van der Waals surface area contributed by atoms with Gasteiger partial charge in [0.25, 0.3) is 0 Å². The first-order valence-electron chi connectivity index (χ1n) is 18.0. The summed E-state index contributed by atoms with van der Waals surface area (Å²) in [4.78, 5) is 48.8. The minimum atomic E-state index is -2.07. The van der Waals surface area contributed by atoms with Gasteiger partial charge in [0, 0.05) is 11.8 Å². The van der Waals surface area contributed by atoms with Gasteiger partial charge in [0.05, 0.1) is 12.1 Å². The van der Waals surface area contributed by atoms with Crippen LogP contribution in [0.5, 0.6) is 0 Å². The van der Waals surface area contributed by atoms with E-state index in [2.05, 4.69) is 55.0 Å². The number of hydrogen-bond donors (Lipinski definition) is 0. The van der Waals surface area contributed by atoms with Crippen LogP contribution < -0.4 is 0 Å². The molecule has 11 aliphatic rings. The second-order valence-electron chi connectivity index (χ2n) is 18.4. The first kappa shape index (κ1) is 31.0. The fraction of sp³-hybridized carbons (Fsp3) is 0.824. The normalized spacial score (nSPS) is 54.4. The van der Waals surface area contributed by atoms with Crippen LogP contribution in [0.25, 0.3) is 0 Å². The van der Waals surface area contributed by atoms with Gasteiger partial charge < -0.3 is 27.4 Å². The minimum Gasteiger partial charge on any atom is -0.600 e. The molecule has 0 aromatic rings. The Morgan fingerprint density at radius 2 is 1.04 bits per heavy atom. The number of carbonyl (C=O) groups is 4. The van der Waals surface area contributed by atoms with Crippen LogP contribution in [0.2, 0.25) is 5.82 Å². The lowest BCUT2D eigenvalue weighted by molar-refractivity contribution is -0.852. The number of rotatable bonds is 4. The molecule has 0 aromatic carbocycles. The second-order valence-corrected chi connectivity index (χ2v) is 18.4. The Hall–Kier alpha value is -2.33. The predicted octanol–water partition coefficient (Wildman–Crippen LogP) is 3.99. The lowest BCUT2D eigenvalue weighted by Crippen LogP contribution is -2.73. The van der Waals surface area contributed by atoms with E-state index < -0.39 is 13.4 Å². The Morgan fingerprint density at radius 1 is 0.652 bits per heavy atom. The second kappa shape index (κ2) is 9.21. The van der Waals surface area contributed by atoms with E-state index in [1.54, 1.807) is 5.98 Å². The molecule has 0 amide bonds. The molecule has 0 spiro atoms. The van der Waals surface area contributed by atoms with E-state index in [1.807, 2.05) is 0 Å². The summed E-state index contributed by atoms with van der Waals surface area (Å²) in [5.74, 6) is 5.10. The van der Waals surface area contributed by atoms with Crippen LogP contribution in [0.15, 0.2) is 12.6 Å². The van der Waals surface area contributed by atoms with Crippen LogP contribution >= 0.6 is 0 Å². The van der Waals surface area contributed by atoms with Gasteiger partial charge in [0.1, 0.15) is 26.2 Å².